The SMILES string of the molecule is Cc1ccc(S(=O)(=O)CCC(=O)NCC2CN(Cc3ccccc3)CCO2)cc1. The zero-order valence-corrected chi connectivity index (χ0v) is 17.5. The van der Waals surface area contributed by atoms with Gasteiger partial charge in [-0.1, -0.05) is 48.0 Å². The highest BCUT2D eigenvalue weighted by Crippen LogP contribution is 2.13. The maximum Gasteiger partial charge on any atom is 0.221 e. The van der Waals surface area contributed by atoms with Gasteiger partial charge >= 0.3 is 0 Å². The highest BCUT2D eigenvalue weighted by atomic mass is 32.2. The van der Waals surface area contributed by atoms with Gasteiger partial charge in [0.05, 0.1) is 23.4 Å². The Balaban J connectivity index is 1.42. The molecule has 1 aliphatic rings. The van der Waals surface area contributed by atoms with E-state index in [9.17, 15) is 13.2 Å². The first-order valence-electron chi connectivity index (χ1n) is 9.86. The van der Waals surface area contributed by atoms with E-state index in [1.807, 2.05) is 25.1 Å². The Bertz CT molecular complexity index is 898. The Labute approximate surface area is 172 Å². The summed E-state index contributed by atoms with van der Waals surface area (Å²) in [5.74, 6) is -0.474. The average Bonchev–Trinajstić information content (AvgIpc) is 2.72. The Morgan fingerprint density at radius 3 is 2.59 bits per heavy atom. The molecule has 29 heavy (non-hydrogen) atoms. The maximum atomic E-state index is 12.4. The molecule has 2 aromatic rings. The second-order valence-corrected chi connectivity index (χ2v) is 9.51. The molecule has 3 rings (SSSR count). The highest BCUT2D eigenvalue weighted by Gasteiger charge is 2.22. The van der Waals surface area contributed by atoms with E-state index >= 15 is 0 Å². The summed E-state index contributed by atoms with van der Waals surface area (Å²) in [6.07, 6.45) is -0.151. The third kappa shape index (κ3) is 6.66. The molecule has 1 atom stereocenters. The molecule has 1 saturated heterocycles. The van der Waals surface area contributed by atoms with Crippen molar-refractivity contribution in [2.24, 2.45) is 0 Å². The van der Waals surface area contributed by atoms with Crippen LogP contribution < -0.4 is 5.32 Å². The number of amides is 1. The van der Waals surface area contributed by atoms with Crippen molar-refractivity contribution >= 4 is 15.7 Å². The standard InChI is InChI=1S/C22H28N2O4S/c1-18-7-9-21(10-8-18)29(26,27)14-11-22(25)23-15-20-17-24(12-13-28-20)16-19-5-3-2-4-6-19/h2-10,20H,11-17H2,1H3,(H,23,25). The largest absolute Gasteiger partial charge is 0.374 e. The number of carbonyl (C=O) groups excluding carboxylic acids is 1. The topological polar surface area (TPSA) is 75.7 Å². The van der Waals surface area contributed by atoms with Crippen LogP contribution in [0.4, 0.5) is 0 Å². The minimum absolute atomic E-state index is 0.0589. The lowest BCUT2D eigenvalue weighted by Crippen LogP contribution is -2.47. The van der Waals surface area contributed by atoms with Crippen LogP contribution in [0.1, 0.15) is 17.5 Å². The lowest BCUT2D eigenvalue weighted by atomic mass is 10.2. The normalized spacial score (nSPS) is 17.8. The number of carbonyl (C=O) groups is 1. The Morgan fingerprint density at radius 1 is 1.14 bits per heavy atom. The molecular formula is C22H28N2O4S. The van der Waals surface area contributed by atoms with Crippen molar-refractivity contribution in [1.29, 1.82) is 0 Å². The fraction of sp³-hybridized carbons (Fsp3) is 0.409. The molecule has 0 aromatic heterocycles. The van der Waals surface area contributed by atoms with Gasteiger partial charge in [0.15, 0.2) is 9.84 Å². The average molecular weight is 417 g/mol. The van der Waals surface area contributed by atoms with Crippen LogP contribution in [0.3, 0.4) is 0 Å². The van der Waals surface area contributed by atoms with Crippen LogP contribution in [0.5, 0.6) is 0 Å². The monoisotopic (exact) mass is 416 g/mol. The Hall–Kier alpha value is -2.22. The third-order valence-electron chi connectivity index (χ3n) is 4.98. The molecule has 0 radical (unpaired) electrons. The van der Waals surface area contributed by atoms with E-state index in [-0.39, 0.29) is 29.1 Å². The van der Waals surface area contributed by atoms with Gasteiger partial charge in [-0.15, -0.1) is 0 Å². The van der Waals surface area contributed by atoms with Crippen molar-refractivity contribution in [3.63, 3.8) is 0 Å². The summed E-state index contributed by atoms with van der Waals surface area (Å²) in [5.41, 5.74) is 2.24. The van der Waals surface area contributed by atoms with Crippen molar-refractivity contribution in [2.75, 3.05) is 32.0 Å². The van der Waals surface area contributed by atoms with Crippen molar-refractivity contribution < 1.29 is 17.9 Å². The van der Waals surface area contributed by atoms with Crippen LogP contribution in [0, 0.1) is 6.92 Å². The number of morpholine rings is 1. The number of nitrogens with one attached hydrogen (secondary N) is 1. The van der Waals surface area contributed by atoms with Crippen LogP contribution in [0.25, 0.3) is 0 Å². The minimum Gasteiger partial charge on any atom is -0.374 e. The summed E-state index contributed by atoms with van der Waals surface area (Å²) in [6.45, 7) is 5.34. The number of sulfone groups is 1. The van der Waals surface area contributed by atoms with Crippen LogP contribution in [-0.4, -0.2) is 57.3 Å². The molecule has 2 aromatic carbocycles. The molecule has 7 heteroatoms. The molecule has 1 aliphatic heterocycles. The fourth-order valence-corrected chi connectivity index (χ4v) is 4.54. The second kappa shape index (κ2) is 10.0. The van der Waals surface area contributed by atoms with E-state index in [0.29, 0.717) is 13.2 Å². The van der Waals surface area contributed by atoms with Gasteiger partial charge in [-0.25, -0.2) is 8.42 Å². The molecule has 0 spiro atoms. The first-order chi connectivity index (χ1) is 13.9. The number of rotatable bonds is 8. The van der Waals surface area contributed by atoms with Crippen molar-refractivity contribution in [3.8, 4) is 0 Å². The number of aryl methyl sites for hydroxylation is 1. The van der Waals surface area contributed by atoms with E-state index < -0.39 is 9.84 Å². The molecular weight excluding hydrogens is 388 g/mol. The summed E-state index contributed by atoms with van der Waals surface area (Å²) in [4.78, 5) is 14.7. The van der Waals surface area contributed by atoms with E-state index in [1.165, 1.54) is 5.56 Å². The predicted octanol–water partition coefficient (Wildman–Crippen LogP) is 2.18. The van der Waals surface area contributed by atoms with Crippen LogP contribution in [0.2, 0.25) is 0 Å². The van der Waals surface area contributed by atoms with Gasteiger partial charge in [0.25, 0.3) is 0 Å². The highest BCUT2D eigenvalue weighted by molar-refractivity contribution is 7.91. The molecule has 1 amide bonds. The third-order valence-corrected chi connectivity index (χ3v) is 6.71. The molecule has 1 N–H and O–H groups in total. The quantitative estimate of drug-likeness (QED) is 0.714. The minimum atomic E-state index is -3.46. The lowest BCUT2D eigenvalue weighted by Gasteiger charge is -2.33. The van der Waals surface area contributed by atoms with Crippen LogP contribution in [0.15, 0.2) is 59.5 Å². The molecule has 1 unspecified atom stereocenters. The molecule has 1 fully saturated rings. The summed E-state index contributed by atoms with van der Waals surface area (Å²) in [5, 5.41) is 2.81. The first-order valence-corrected chi connectivity index (χ1v) is 11.5. The van der Waals surface area contributed by atoms with Gasteiger partial charge in [-0.05, 0) is 24.6 Å². The number of hydrogen-bond donors (Lipinski definition) is 1. The summed E-state index contributed by atoms with van der Waals surface area (Å²) >= 11 is 0. The number of ether oxygens (including phenoxy) is 1. The molecule has 0 saturated carbocycles. The number of benzene rings is 2. The van der Waals surface area contributed by atoms with E-state index in [4.69, 9.17) is 4.74 Å². The van der Waals surface area contributed by atoms with Crippen molar-refractivity contribution in [1.82, 2.24) is 10.2 Å². The van der Waals surface area contributed by atoms with Gasteiger partial charge in [-0.3, -0.25) is 9.69 Å². The molecule has 6 nitrogen and oxygen atoms in total. The van der Waals surface area contributed by atoms with E-state index in [2.05, 4.69) is 22.3 Å². The molecule has 0 aliphatic carbocycles. The maximum absolute atomic E-state index is 12.4. The van der Waals surface area contributed by atoms with Gasteiger partial charge in [0, 0.05) is 32.6 Å². The smallest absolute Gasteiger partial charge is 0.221 e. The van der Waals surface area contributed by atoms with E-state index in [1.54, 1.807) is 24.3 Å². The Kier molecular flexibility index (Phi) is 7.41. The summed E-state index contributed by atoms with van der Waals surface area (Å²) < 4.78 is 30.5. The van der Waals surface area contributed by atoms with Gasteiger partial charge in [0.1, 0.15) is 0 Å². The summed E-state index contributed by atoms with van der Waals surface area (Å²) in [6, 6.07) is 16.9. The van der Waals surface area contributed by atoms with E-state index in [0.717, 1.165) is 25.2 Å². The fourth-order valence-electron chi connectivity index (χ4n) is 3.30. The van der Waals surface area contributed by atoms with Gasteiger partial charge < -0.3 is 10.1 Å². The van der Waals surface area contributed by atoms with Gasteiger partial charge in [0.2, 0.25) is 5.91 Å². The Morgan fingerprint density at radius 2 is 1.86 bits per heavy atom. The number of hydrogen-bond acceptors (Lipinski definition) is 5. The second-order valence-electron chi connectivity index (χ2n) is 7.40. The van der Waals surface area contributed by atoms with Crippen LogP contribution >= 0.6 is 0 Å². The zero-order valence-electron chi connectivity index (χ0n) is 16.7. The number of nitrogens with zero attached hydrogens (tertiary/aromatic N) is 1. The predicted molar refractivity (Wildman–Crippen MR) is 112 cm³/mol. The molecule has 0 bridgehead atoms. The zero-order chi connectivity index (χ0) is 20.7. The molecule has 156 valence electrons. The van der Waals surface area contributed by atoms with Gasteiger partial charge in [-0.2, -0.15) is 0 Å². The first kappa shape index (κ1) is 21.5. The lowest BCUT2D eigenvalue weighted by molar-refractivity contribution is -0.122. The van der Waals surface area contributed by atoms with Crippen molar-refractivity contribution in [3.05, 3.63) is 65.7 Å². The summed E-state index contributed by atoms with van der Waals surface area (Å²) in [7, 11) is -3.46. The molecule has 1 heterocycles. The van der Waals surface area contributed by atoms with Crippen LogP contribution in [-0.2, 0) is 25.9 Å². The van der Waals surface area contributed by atoms with Crippen molar-refractivity contribution in [2.45, 2.75) is 30.9 Å².